The van der Waals surface area contributed by atoms with Crippen molar-refractivity contribution in [2.24, 2.45) is 10.9 Å². The van der Waals surface area contributed by atoms with Gasteiger partial charge in [-0.15, -0.1) is 0 Å². The number of aryl methyl sites for hydroxylation is 1. The highest BCUT2D eigenvalue weighted by Crippen LogP contribution is 2.36. The van der Waals surface area contributed by atoms with Gasteiger partial charge in [-0.2, -0.15) is 0 Å². The molecule has 2 heterocycles. The van der Waals surface area contributed by atoms with Crippen LogP contribution in [-0.2, 0) is 4.79 Å². The molecule has 1 aromatic heterocycles. The van der Waals surface area contributed by atoms with Gasteiger partial charge in [0.1, 0.15) is 5.69 Å². The fourth-order valence-electron chi connectivity index (χ4n) is 5.49. The Bertz CT molecular complexity index is 1320. The highest BCUT2D eigenvalue weighted by molar-refractivity contribution is 5.96. The van der Waals surface area contributed by atoms with Crippen LogP contribution in [0.15, 0.2) is 59.6 Å². The highest BCUT2D eigenvalue weighted by atomic mass is 16.2. The molecular weight excluding hydrogens is 494 g/mol. The predicted molar refractivity (Wildman–Crippen MR) is 170 cm³/mol. The van der Waals surface area contributed by atoms with Crippen molar-refractivity contribution in [3.8, 4) is 0 Å². The first-order chi connectivity index (χ1) is 19.5. The summed E-state index contributed by atoms with van der Waals surface area (Å²) in [5, 5.41) is 8.00. The average Bonchev–Trinajstić information content (AvgIpc) is 2.98. The zero-order valence-electron chi connectivity index (χ0n) is 24.7. The minimum absolute atomic E-state index is 0.0642. The lowest BCUT2D eigenvalue weighted by Crippen LogP contribution is -2.45. The van der Waals surface area contributed by atoms with E-state index in [1.165, 1.54) is 18.6 Å². The van der Waals surface area contributed by atoms with Gasteiger partial charge in [0.05, 0.1) is 5.52 Å². The van der Waals surface area contributed by atoms with Crippen LogP contribution in [0.1, 0.15) is 70.4 Å². The average molecular weight is 540 g/mol. The second kappa shape index (κ2) is 14.8. The molecule has 0 radical (unpaired) electrons. The molecule has 1 saturated heterocycles. The number of amides is 1. The van der Waals surface area contributed by atoms with E-state index in [0.717, 1.165) is 91.1 Å². The van der Waals surface area contributed by atoms with Gasteiger partial charge >= 0.3 is 0 Å². The Balaban J connectivity index is 1.64. The molecule has 40 heavy (non-hydrogen) atoms. The lowest BCUT2D eigenvalue weighted by molar-refractivity contribution is -0.126. The van der Waals surface area contributed by atoms with Crippen molar-refractivity contribution in [3.63, 3.8) is 0 Å². The van der Waals surface area contributed by atoms with Crippen molar-refractivity contribution >= 4 is 45.8 Å². The number of anilines is 2. The summed E-state index contributed by atoms with van der Waals surface area (Å²) in [7, 11) is 0. The van der Waals surface area contributed by atoms with Crippen LogP contribution in [-0.4, -0.2) is 47.7 Å². The van der Waals surface area contributed by atoms with Crippen LogP contribution in [0.5, 0.6) is 0 Å². The van der Waals surface area contributed by atoms with Gasteiger partial charge in [-0.3, -0.25) is 9.79 Å². The van der Waals surface area contributed by atoms with Crippen molar-refractivity contribution in [2.75, 3.05) is 31.5 Å². The molecule has 6 heteroatoms. The molecule has 0 unspecified atom stereocenters. The summed E-state index contributed by atoms with van der Waals surface area (Å²) < 4.78 is 0. The summed E-state index contributed by atoms with van der Waals surface area (Å²) in [5.74, 6) is 1.35. The Kier molecular flexibility index (Phi) is 10.9. The predicted octanol–water partition coefficient (Wildman–Crippen LogP) is 7.82. The number of carbonyl (C=O) groups excluding carboxylic acids is 1. The molecule has 2 N–H and O–H groups in total. The van der Waals surface area contributed by atoms with Gasteiger partial charge in [0.15, 0.2) is 5.82 Å². The van der Waals surface area contributed by atoms with Crippen LogP contribution in [0.25, 0.3) is 17.0 Å². The minimum atomic E-state index is 0.0642. The monoisotopic (exact) mass is 539 g/mol. The summed E-state index contributed by atoms with van der Waals surface area (Å²) in [6, 6.07) is 16.4. The molecular formula is C34H45N5O. The van der Waals surface area contributed by atoms with E-state index in [2.05, 4.69) is 56.5 Å². The fraction of sp³-hybridized carbons (Fsp3) is 0.441. The molecule has 1 aliphatic rings. The van der Waals surface area contributed by atoms with Gasteiger partial charge < -0.3 is 15.5 Å². The van der Waals surface area contributed by atoms with Gasteiger partial charge in [-0.05, 0) is 67.5 Å². The third-order valence-electron chi connectivity index (χ3n) is 7.65. The van der Waals surface area contributed by atoms with E-state index in [1.807, 2.05) is 41.3 Å². The van der Waals surface area contributed by atoms with E-state index in [0.29, 0.717) is 5.92 Å². The lowest BCUT2D eigenvalue weighted by Gasteiger charge is -2.26. The van der Waals surface area contributed by atoms with E-state index in [1.54, 1.807) is 6.08 Å². The number of fused-ring (bicyclic) bond motifs is 1. The largest absolute Gasteiger partial charge is 0.338 e. The first kappa shape index (κ1) is 29.5. The van der Waals surface area contributed by atoms with Crippen LogP contribution in [0.2, 0.25) is 0 Å². The molecule has 3 aromatic rings. The second-order valence-corrected chi connectivity index (χ2v) is 10.7. The number of benzene rings is 2. The Morgan fingerprint density at radius 3 is 2.40 bits per heavy atom. The number of hydrogen-bond acceptors (Lipinski definition) is 5. The van der Waals surface area contributed by atoms with Crippen molar-refractivity contribution < 1.29 is 4.79 Å². The molecule has 4 rings (SSSR count). The van der Waals surface area contributed by atoms with Crippen LogP contribution < -0.4 is 10.6 Å². The quantitative estimate of drug-likeness (QED) is 0.182. The summed E-state index contributed by atoms with van der Waals surface area (Å²) in [5.41, 5.74) is 6.28. The van der Waals surface area contributed by atoms with E-state index in [-0.39, 0.29) is 5.91 Å². The number of para-hydroxylation sites is 1. The summed E-state index contributed by atoms with van der Waals surface area (Å²) in [6.45, 7) is 12.2. The molecule has 0 bridgehead atoms. The molecule has 1 amide bonds. The van der Waals surface area contributed by atoms with Crippen molar-refractivity contribution in [2.45, 2.75) is 66.2 Å². The highest BCUT2D eigenvalue weighted by Gasteiger charge is 2.18. The molecule has 1 aliphatic heterocycles. The Labute approximate surface area is 240 Å². The third-order valence-corrected chi connectivity index (χ3v) is 7.65. The minimum Gasteiger partial charge on any atom is -0.338 e. The summed E-state index contributed by atoms with van der Waals surface area (Å²) in [4.78, 5) is 24.8. The fourth-order valence-corrected chi connectivity index (χ4v) is 5.49. The molecule has 6 nitrogen and oxygen atoms in total. The molecule has 0 aliphatic carbocycles. The van der Waals surface area contributed by atoms with E-state index in [9.17, 15) is 4.79 Å². The Morgan fingerprint density at radius 1 is 1.02 bits per heavy atom. The topological polar surface area (TPSA) is 69.6 Å². The van der Waals surface area contributed by atoms with E-state index >= 15 is 0 Å². The number of nitrogens with one attached hydrogen (secondary N) is 2. The zero-order chi connectivity index (χ0) is 28.3. The standard InChI is InChI=1S/C34H45N5O/c1-5-10-27(11-6-2)30(12-7-3)37-33-25(4)29-13-8-9-14-31(29)38-34(33)36-28-18-15-26(16-19-28)17-20-32(40)39-23-21-35-22-24-39/h8-9,13-20,27,35H,5-7,10-12,21-24H2,1-4H3,(H,36,38)/b20-17+,37-30?. The van der Waals surface area contributed by atoms with E-state index in [4.69, 9.17) is 9.98 Å². The number of carbonyl (C=O) groups is 1. The van der Waals surface area contributed by atoms with Crippen LogP contribution in [0.3, 0.4) is 0 Å². The Hall–Kier alpha value is -3.51. The van der Waals surface area contributed by atoms with Gasteiger partial charge in [0, 0.05) is 49.0 Å². The maximum Gasteiger partial charge on any atom is 0.246 e. The number of rotatable bonds is 12. The number of aliphatic imine (C=N–C) groups is 1. The summed E-state index contributed by atoms with van der Waals surface area (Å²) >= 11 is 0. The number of aromatic nitrogens is 1. The number of hydrogen-bond donors (Lipinski definition) is 2. The van der Waals surface area contributed by atoms with Gasteiger partial charge in [0.2, 0.25) is 5.91 Å². The first-order valence-corrected chi connectivity index (χ1v) is 15.1. The van der Waals surface area contributed by atoms with Crippen molar-refractivity contribution in [1.82, 2.24) is 15.2 Å². The molecule has 0 spiro atoms. The Morgan fingerprint density at radius 2 is 1.73 bits per heavy atom. The van der Waals surface area contributed by atoms with Crippen molar-refractivity contribution in [1.29, 1.82) is 0 Å². The molecule has 0 saturated carbocycles. The number of nitrogens with zero attached hydrogens (tertiary/aromatic N) is 3. The normalized spacial score (nSPS) is 14.4. The third kappa shape index (κ3) is 7.57. The number of pyridine rings is 1. The maximum atomic E-state index is 12.5. The smallest absolute Gasteiger partial charge is 0.246 e. The molecule has 1 fully saturated rings. The van der Waals surface area contributed by atoms with E-state index < -0.39 is 0 Å². The summed E-state index contributed by atoms with van der Waals surface area (Å²) in [6.07, 6.45) is 10.3. The molecule has 0 atom stereocenters. The molecule has 212 valence electrons. The SMILES string of the molecule is CCCC(=Nc1c(Nc2ccc(/C=C/C(=O)N3CCNCC3)cc2)nc2ccccc2c1C)C(CCC)CCC. The van der Waals surface area contributed by atoms with Crippen LogP contribution >= 0.6 is 0 Å². The first-order valence-electron chi connectivity index (χ1n) is 15.1. The number of piperazine rings is 1. The van der Waals surface area contributed by atoms with Crippen molar-refractivity contribution in [3.05, 3.63) is 65.7 Å². The van der Waals surface area contributed by atoms with Gasteiger partial charge in [0.25, 0.3) is 0 Å². The lowest BCUT2D eigenvalue weighted by atomic mass is 9.90. The van der Waals surface area contributed by atoms with Crippen LogP contribution in [0.4, 0.5) is 17.2 Å². The second-order valence-electron chi connectivity index (χ2n) is 10.7. The zero-order valence-corrected chi connectivity index (χ0v) is 24.7. The van der Waals surface area contributed by atoms with Gasteiger partial charge in [-0.25, -0.2) is 4.98 Å². The van der Waals surface area contributed by atoms with Gasteiger partial charge in [-0.1, -0.05) is 70.4 Å². The maximum absolute atomic E-state index is 12.5. The van der Waals surface area contributed by atoms with Crippen LogP contribution in [0, 0.1) is 12.8 Å². The molecule has 2 aromatic carbocycles.